The van der Waals surface area contributed by atoms with E-state index in [-0.39, 0.29) is 16.5 Å². The molecule has 0 aliphatic heterocycles. The van der Waals surface area contributed by atoms with Crippen molar-refractivity contribution in [3.8, 4) is 11.1 Å². The summed E-state index contributed by atoms with van der Waals surface area (Å²) >= 11 is 0. The number of carbonyl (C=O) groups is 1. The van der Waals surface area contributed by atoms with Gasteiger partial charge in [-0.15, -0.1) is 0 Å². The minimum atomic E-state index is -1.27. The predicted octanol–water partition coefficient (Wildman–Crippen LogP) is 3.22. The molecule has 1 aromatic heterocycles. The van der Waals surface area contributed by atoms with Gasteiger partial charge in [-0.1, -0.05) is 32.9 Å². The molecule has 0 fully saturated rings. The zero-order valence-electron chi connectivity index (χ0n) is 11.9. The van der Waals surface area contributed by atoms with Crippen LogP contribution in [0.3, 0.4) is 0 Å². The molecule has 1 N–H and O–H groups in total. The average molecular weight is 276 g/mol. The SMILES string of the molecule is Cn1cc(-c2cccc(C(=O)O)c2F)c(C(C)(C)C)n1. The maximum atomic E-state index is 14.4. The Morgan fingerprint density at radius 2 is 1.95 bits per heavy atom. The fourth-order valence-electron chi connectivity index (χ4n) is 2.14. The summed E-state index contributed by atoms with van der Waals surface area (Å²) in [5.74, 6) is -2.00. The molecular formula is C15H17FN2O2. The van der Waals surface area contributed by atoms with E-state index in [9.17, 15) is 9.18 Å². The van der Waals surface area contributed by atoms with Crippen molar-refractivity contribution in [3.05, 3.63) is 41.5 Å². The van der Waals surface area contributed by atoms with E-state index in [4.69, 9.17) is 5.11 Å². The minimum absolute atomic E-state index is 0.262. The smallest absolute Gasteiger partial charge is 0.338 e. The number of carboxylic acid groups (broad SMARTS) is 1. The Hall–Kier alpha value is -2.17. The van der Waals surface area contributed by atoms with Gasteiger partial charge in [0.1, 0.15) is 5.82 Å². The Balaban J connectivity index is 2.70. The molecule has 0 unspecified atom stereocenters. The Labute approximate surface area is 116 Å². The lowest BCUT2D eigenvalue weighted by Crippen LogP contribution is -2.14. The molecule has 0 saturated carbocycles. The van der Waals surface area contributed by atoms with Crippen molar-refractivity contribution in [3.63, 3.8) is 0 Å². The molecule has 2 rings (SSSR count). The van der Waals surface area contributed by atoms with Gasteiger partial charge in [-0.2, -0.15) is 5.10 Å². The highest BCUT2D eigenvalue weighted by atomic mass is 19.1. The lowest BCUT2D eigenvalue weighted by atomic mass is 9.87. The standard InChI is InChI=1S/C15H17FN2O2/c1-15(2,3)13-11(8-18(4)17-13)9-6-5-7-10(12(9)16)14(19)20/h5-8H,1-4H3,(H,19,20). The van der Waals surface area contributed by atoms with Crippen LogP contribution in [0.2, 0.25) is 0 Å². The van der Waals surface area contributed by atoms with Crippen LogP contribution in [0.1, 0.15) is 36.8 Å². The maximum Gasteiger partial charge on any atom is 0.338 e. The van der Waals surface area contributed by atoms with E-state index < -0.39 is 11.8 Å². The summed E-state index contributed by atoms with van der Waals surface area (Å²) in [5.41, 5.74) is 1.04. The van der Waals surface area contributed by atoms with Gasteiger partial charge in [0.25, 0.3) is 0 Å². The fourth-order valence-corrected chi connectivity index (χ4v) is 2.14. The molecule has 0 bridgehead atoms. The van der Waals surface area contributed by atoms with Crippen molar-refractivity contribution < 1.29 is 14.3 Å². The van der Waals surface area contributed by atoms with E-state index in [2.05, 4.69) is 5.10 Å². The lowest BCUT2D eigenvalue weighted by Gasteiger charge is -2.18. The van der Waals surface area contributed by atoms with Gasteiger partial charge in [0.15, 0.2) is 0 Å². The summed E-state index contributed by atoms with van der Waals surface area (Å²) in [5, 5.41) is 13.4. The Morgan fingerprint density at radius 3 is 2.50 bits per heavy atom. The zero-order valence-corrected chi connectivity index (χ0v) is 11.9. The molecule has 0 amide bonds. The quantitative estimate of drug-likeness (QED) is 0.916. The summed E-state index contributed by atoms with van der Waals surface area (Å²) < 4.78 is 16.0. The van der Waals surface area contributed by atoms with E-state index in [0.717, 1.165) is 5.69 Å². The minimum Gasteiger partial charge on any atom is -0.478 e. The number of aromatic carboxylic acids is 1. The summed E-state index contributed by atoms with van der Waals surface area (Å²) in [7, 11) is 1.76. The van der Waals surface area contributed by atoms with Crippen molar-refractivity contribution in [1.82, 2.24) is 9.78 Å². The van der Waals surface area contributed by atoms with E-state index in [1.54, 1.807) is 30.1 Å². The first-order valence-corrected chi connectivity index (χ1v) is 6.28. The number of rotatable bonds is 2. The number of benzene rings is 1. The average Bonchev–Trinajstić information content (AvgIpc) is 2.71. The Bertz CT molecular complexity index is 669. The predicted molar refractivity (Wildman–Crippen MR) is 74.3 cm³/mol. The second-order valence-corrected chi connectivity index (χ2v) is 5.79. The van der Waals surface area contributed by atoms with E-state index >= 15 is 0 Å². The number of halogens is 1. The third-order valence-electron chi connectivity index (χ3n) is 3.06. The molecule has 0 aliphatic rings. The molecule has 0 atom stereocenters. The highest BCUT2D eigenvalue weighted by molar-refractivity contribution is 5.90. The number of carboxylic acids is 1. The topological polar surface area (TPSA) is 55.1 Å². The van der Waals surface area contributed by atoms with Crippen molar-refractivity contribution in [2.75, 3.05) is 0 Å². The summed E-state index contributed by atoms with van der Waals surface area (Å²) in [6.45, 7) is 5.95. The highest BCUT2D eigenvalue weighted by Crippen LogP contribution is 2.33. The molecule has 0 saturated heterocycles. The highest BCUT2D eigenvalue weighted by Gasteiger charge is 2.25. The van der Waals surface area contributed by atoms with Crippen LogP contribution in [0.4, 0.5) is 4.39 Å². The van der Waals surface area contributed by atoms with Crippen molar-refractivity contribution >= 4 is 5.97 Å². The maximum absolute atomic E-state index is 14.4. The third kappa shape index (κ3) is 2.43. The second-order valence-electron chi connectivity index (χ2n) is 5.79. The molecule has 1 aromatic carbocycles. The van der Waals surface area contributed by atoms with Crippen LogP contribution < -0.4 is 0 Å². The van der Waals surface area contributed by atoms with Gasteiger partial charge in [-0.3, -0.25) is 4.68 Å². The molecule has 106 valence electrons. The first-order valence-electron chi connectivity index (χ1n) is 6.28. The third-order valence-corrected chi connectivity index (χ3v) is 3.06. The molecule has 1 heterocycles. The van der Waals surface area contributed by atoms with Crippen LogP contribution in [0, 0.1) is 5.82 Å². The molecule has 2 aromatic rings. The van der Waals surface area contributed by atoms with Gasteiger partial charge in [0.2, 0.25) is 0 Å². The van der Waals surface area contributed by atoms with Crippen molar-refractivity contribution in [1.29, 1.82) is 0 Å². The molecule has 0 spiro atoms. The molecule has 0 radical (unpaired) electrons. The zero-order chi connectivity index (χ0) is 15.1. The number of hydrogen-bond acceptors (Lipinski definition) is 2. The molecule has 5 heteroatoms. The Morgan fingerprint density at radius 1 is 1.30 bits per heavy atom. The van der Waals surface area contributed by atoms with Gasteiger partial charge in [0.05, 0.1) is 11.3 Å². The number of hydrogen-bond donors (Lipinski definition) is 1. The van der Waals surface area contributed by atoms with E-state index in [0.29, 0.717) is 5.56 Å². The molecular weight excluding hydrogens is 259 g/mol. The summed E-state index contributed by atoms with van der Waals surface area (Å²) in [6.07, 6.45) is 1.71. The fraction of sp³-hybridized carbons (Fsp3) is 0.333. The van der Waals surface area contributed by atoms with Gasteiger partial charge in [-0.05, 0) is 6.07 Å². The monoisotopic (exact) mass is 276 g/mol. The van der Waals surface area contributed by atoms with Crippen LogP contribution >= 0.6 is 0 Å². The van der Waals surface area contributed by atoms with E-state index in [1.807, 2.05) is 20.8 Å². The van der Waals surface area contributed by atoms with Crippen LogP contribution in [0.25, 0.3) is 11.1 Å². The number of aryl methyl sites for hydroxylation is 1. The number of aromatic nitrogens is 2. The van der Waals surface area contributed by atoms with Crippen LogP contribution in [0.15, 0.2) is 24.4 Å². The number of nitrogens with zero attached hydrogens (tertiary/aromatic N) is 2. The van der Waals surface area contributed by atoms with Crippen LogP contribution in [-0.4, -0.2) is 20.9 Å². The van der Waals surface area contributed by atoms with Gasteiger partial charge in [0, 0.05) is 29.8 Å². The Kier molecular flexibility index (Phi) is 3.38. The van der Waals surface area contributed by atoms with Gasteiger partial charge >= 0.3 is 5.97 Å². The van der Waals surface area contributed by atoms with E-state index in [1.165, 1.54) is 6.07 Å². The van der Waals surface area contributed by atoms with Crippen molar-refractivity contribution in [2.24, 2.45) is 7.05 Å². The molecule has 20 heavy (non-hydrogen) atoms. The lowest BCUT2D eigenvalue weighted by molar-refractivity contribution is 0.0692. The second kappa shape index (κ2) is 4.74. The molecule has 0 aliphatic carbocycles. The largest absolute Gasteiger partial charge is 0.478 e. The first kappa shape index (κ1) is 14.2. The van der Waals surface area contributed by atoms with Crippen LogP contribution in [0.5, 0.6) is 0 Å². The summed E-state index contributed by atoms with van der Waals surface area (Å²) in [4.78, 5) is 11.0. The molecule has 4 nitrogen and oxygen atoms in total. The first-order chi connectivity index (χ1) is 9.21. The van der Waals surface area contributed by atoms with Crippen LogP contribution in [-0.2, 0) is 12.5 Å². The van der Waals surface area contributed by atoms with Crippen molar-refractivity contribution in [2.45, 2.75) is 26.2 Å². The van der Waals surface area contributed by atoms with Gasteiger partial charge < -0.3 is 5.11 Å². The normalized spacial score (nSPS) is 11.7. The van der Waals surface area contributed by atoms with Gasteiger partial charge in [-0.25, -0.2) is 9.18 Å². The summed E-state index contributed by atoms with van der Waals surface area (Å²) in [6, 6.07) is 4.38.